The Labute approximate surface area is 108 Å². The minimum absolute atomic E-state index is 0.0119. The van der Waals surface area contributed by atoms with Gasteiger partial charge in [0.05, 0.1) is 0 Å². The summed E-state index contributed by atoms with van der Waals surface area (Å²) in [4.78, 5) is 12.1. The number of halogens is 1. The van der Waals surface area contributed by atoms with Crippen molar-refractivity contribution in [2.24, 2.45) is 11.3 Å². The minimum Gasteiger partial charge on any atom is -0.349 e. The monoisotopic (exact) mass is 289 g/mol. The lowest BCUT2D eigenvalue weighted by molar-refractivity contribution is -0.130. The van der Waals surface area contributed by atoms with Crippen LogP contribution in [0.15, 0.2) is 0 Å². The van der Waals surface area contributed by atoms with E-state index >= 15 is 0 Å². The molecule has 1 amide bonds. The van der Waals surface area contributed by atoms with Crippen LogP contribution >= 0.6 is 15.9 Å². The second-order valence-electron chi connectivity index (χ2n) is 6.32. The number of amides is 1. The Hall–Kier alpha value is -0.0500. The third kappa shape index (κ3) is 3.47. The maximum absolute atomic E-state index is 12.1. The van der Waals surface area contributed by atoms with E-state index in [1.54, 1.807) is 0 Å². The first kappa shape index (κ1) is 14.0. The van der Waals surface area contributed by atoms with E-state index in [1.165, 1.54) is 12.8 Å². The molecule has 0 aromatic rings. The number of hydrogen-bond donors (Lipinski definition) is 1. The van der Waals surface area contributed by atoms with Gasteiger partial charge in [-0.1, -0.05) is 56.5 Å². The first-order chi connectivity index (χ1) is 7.29. The Bertz CT molecular complexity index is 259. The van der Waals surface area contributed by atoms with E-state index in [9.17, 15) is 4.79 Å². The molecule has 1 aliphatic carbocycles. The van der Waals surface area contributed by atoms with E-state index in [2.05, 4.69) is 28.2 Å². The van der Waals surface area contributed by atoms with Crippen LogP contribution in [0.1, 0.15) is 53.4 Å². The number of alkyl halides is 1. The summed E-state index contributed by atoms with van der Waals surface area (Å²) in [5.41, 5.74) is -0.308. The molecule has 2 unspecified atom stereocenters. The highest BCUT2D eigenvalue weighted by molar-refractivity contribution is 9.09. The fourth-order valence-electron chi connectivity index (χ4n) is 2.36. The van der Waals surface area contributed by atoms with Gasteiger partial charge in [0, 0.05) is 16.3 Å². The van der Waals surface area contributed by atoms with Gasteiger partial charge in [-0.25, -0.2) is 0 Å². The number of hydrogen-bond acceptors (Lipinski definition) is 1. The van der Waals surface area contributed by atoms with Crippen molar-refractivity contribution >= 4 is 21.8 Å². The Morgan fingerprint density at radius 1 is 1.50 bits per heavy atom. The molecule has 0 radical (unpaired) electrons. The molecule has 0 aromatic carbocycles. The zero-order valence-corrected chi connectivity index (χ0v) is 12.5. The Morgan fingerprint density at radius 3 is 2.56 bits per heavy atom. The van der Waals surface area contributed by atoms with Crippen LogP contribution in [0.4, 0.5) is 0 Å². The van der Waals surface area contributed by atoms with E-state index in [4.69, 9.17) is 0 Å². The number of carbonyl (C=O) groups excluding carboxylic acids is 1. The second-order valence-corrected chi connectivity index (χ2v) is 6.88. The summed E-state index contributed by atoms with van der Waals surface area (Å²) in [6, 6.07) is 0. The fraction of sp³-hybridized carbons (Fsp3) is 0.923. The van der Waals surface area contributed by atoms with Crippen molar-refractivity contribution in [2.75, 3.05) is 5.33 Å². The quantitative estimate of drug-likeness (QED) is 0.775. The number of nitrogens with one attached hydrogen (secondary N) is 1. The molecule has 2 atom stereocenters. The predicted octanol–water partition coefficient (Wildman–Crippen LogP) is 3.49. The third-order valence-electron chi connectivity index (χ3n) is 3.41. The maximum Gasteiger partial charge on any atom is 0.225 e. The third-order valence-corrected chi connectivity index (χ3v) is 4.48. The number of rotatable bonds is 2. The van der Waals surface area contributed by atoms with Gasteiger partial charge in [0.25, 0.3) is 0 Å². The van der Waals surface area contributed by atoms with Crippen molar-refractivity contribution < 1.29 is 4.79 Å². The molecule has 0 aromatic heterocycles. The summed E-state index contributed by atoms with van der Waals surface area (Å²) in [7, 11) is 0. The van der Waals surface area contributed by atoms with Crippen molar-refractivity contribution in [1.29, 1.82) is 0 Å². The Kier molecular flexibility index (Phi) is 4.44. The van der Waals surface area contributed by atoms with Crippen molar-refractivity contribution in [3.63, 3.8) is 0 Å². The van der Waals surface area contributed by atoms with Crippen LogP contribution in [0, 0.1) is 11.3 Å². The van der Waals surface area contributed by atoms with Gasteiger partial charge in [-0.15, -0.1) is 0 Å². The van der Waals surface area contributed by atoms with E-state index in [1.807, 2.05) is 20.8 Å². The molecule has 0 aliphatic heterocycles. The van der Waals surface area contributed by atoms with Crippen molar-refractivity contribution in [2.45, 2.75) is 58.9 Å². The highest BCUT2D eigenvalue weighted by atomic mass is 79.9. The highest BCUT2D eigenvalue weighted by Crippen LogP contribution is 2.34. The summed E-state index contributed by atoms with van der Waals surface area (Å²) in [6.07, 6.45) is 4.71. The van der Waals surface area contributed by atoms with Crippen LogP contribution in [0.25, 0.3) is 0 Å². The van der Waals surface area contributed by atoms with Crippen molar-refractivity contribution in [3.05, 3.63) is 0 Å². The molecular formula is C13H24BrNO. The minimum atomic E-state index is -0.296. The van der Waals surface area contributed by atoms with E-state index < -0.39 is 0 Å². The predicted molar refractivity (Wildman–Crippen MR) is 71.8 cm³/mol. The largest absolute Gasteiger partial charge is 0.349 e. The number of carbonyl (C=O) groups is 1. The van der Waals surface area contributed by atoms with Crippen LogP contribution < -0.4 is 5.32 Å². The zero-order valence-electron chi connectivity index (χ0n) is 10.9. The van der Waals surface area contributed by atoms with Gasteiger partial charge in [0.1, 0.15) is 0 Å². The highest BCUT2D eigenvalue weighted by Gasteiger charge is 2.37. The van der Waals surface area contributed by atoms with Crippen molar-refractivity contribution in [3.8, 4) is 0 Å². The molecule has 94 valence electrons. The van der Waals surface area contributed by atoms with Crippen LogP contribution in [0.5, 0.6) is 0 Å². The standard InChI is InChI=1S/C13H24BrNO/c1-10-6-5-7-13(8-10,9-14)15-11(16)12(2,3)4/h10H,5-9H2,1-4H3,(H,15,16). The lowest BCUT2D eigenvalue weighted by Crippen LogP contribution is -2.55. The Morgan fingerprint density at radius 2 is 2.12 bits per heavy atom. The van der Waals surface area contributed by atoms with E-state index in [0.717, 1.165) is 18.2 Å². The fourth-order valence-corrected chi connectivity index (χ4v) is 3.01. The molecule has 1 saturated carbocycles. The maximum atomic E-state index is 12.1. The topological polar surface area (TPSA) is 29.1 Å². The summed E-state index contributed by atoms with van der Waals surface area (Å²) in [5, 5.41) is 4.13. The molecule has 1 rings (SSSR count). The van der Waals surface area contributed by atoms with Gasteiger partial charge < -0.3 is 5.32 Å². The average molecular weight is 290 g/mol. The molecule has 1 fully saturated rings. The molecule has 2 nitrogen and oxygen atoms in total. The SMILES string of the molecule is CC1CCCC(CBr)(NC(=O)C(C)(C)C)C1. The summed E-state index contributed by atoms with van der Waals surface area (Å²) in [5.74, 6) is 0.882. The Balaban J connectivity index is 2.70. The van der Waals surface area contributed by atoms with Crippen LogP contribution in [-0.4, -0.2) is 16.8 Å². The van der Waals surface area contributed by atoms with Gasteiger partial charge in [-0.05, 0) is 18.8 Å². The summed E-state index contributed by atoms with van der Waals surface area (Å²) in [6.45, 7) is 8.18. The molecule has 0 heterocycles. The first-order valence-corrected chi connectivity index (χ1v) is 7.30. The molecule has 3 heteroatoms. The molecule has 0 saturated heterocycles. The average Bonchev–Trinajstić information content (AvgIpc) is 2.16. The summed E-state index contributed by atoms with van der Waals surface area (Å²) < 4.78 is 0. The molecule has 16 heavy (non-hydrogen) atoms. The molecule has 1 N–H and O–H groups in total. The van der Waals surface area contributed by atoms with Gasteiger partial charge in [0.15, 0.2) is 0 Å². The lowest BCUT2D eigenvalue weighted by Gasteiger charge is -2.41. The second kappa shape index (κ2) is 5.07. The molecular weight excluding hydrogens is 266 g/mol. The molecule has 0 bridgehead atoms. The first-order valence-electron chi connectivity index (χ1n) is 6.18. The van der Waals surface area contributed by atoms with Crippen LogP contribution in [0.3, 0.4) is 0 Å². The van der Waals surface area contributed by atoms with Gasteiger partial charge in [0.2, 0.25) is 5.91 Å². The van der Waals surface area contributed by atoms with Crippen LogP contribution in [-0.2, 0) is 4.79 Å². The van der Waals surface area contributed by atoms with Gasteiger partial charge in [-0.3, -0.25) is 4.79 Å². The van der Waals surface area contributed by atoms with Crippen molar-refractivity contribution in [1.82, 2.24) is 5.32 Å². The lowest BCUT2D eigenvalue weighted by atomic mass is 9.77. The van der Waals surface area contributed by atoms with Gasteiger partial charge in [-0.2, -0.15) is 0 Å². The van der Waals surface area contributed by atoms with E-state index in [0.29, 0.717) is 5.92 Å². The zero-order chi connectivity index (χ0) is 12.4. The smallest absolute Gasteiger partial charge is 0.225 e. The van der Waals surface area contributed by atoms with Crippen LogP contribution in [0.2, 0.25) is 0 Å². The molecule has 1 aliphatic rings. The summed E-state index contributed by atoms with van der Waals surface area (Å²) >= 11 is 3.58. The van der Waals surface area contributed by atoms with Gasteiger partial charge >= 0.3 is 0 Å². The van der Waals surface area contributed by atoms with E-state index in [-0.39, 0.29) is 16.9 Å². The normalized spacial score (nSPS) is 31.2. The molecule has 0 spiro atoms.